The van der Waals surface area contributed by atoms with Gasteiger partial charge in [-0.15, -0.1) is 0 Å². The van der Waals surface area contributed by atoms with Gasteiger partial charge in [0.15, 0.2) is 0 Å². The van der Waals surface area contributed by atoms with Crippen LogP contribution in [-0.2, 0) is 16.0 Å². The number of anilines is 1. The number of ether oxygens (including phenoxy) is 1. The van der Waals surface area contributed by atoms with Gasteiger partial charge in [-0.3, -0.25) is 14.5 Å². The number of nitrogens with zero attached hydrogens (tertiary/aromatic N) is 3. The van der Waals surface area contributed by atoms with Crippen molar-refractivity contribution in [3.05, 3.63) is 65.4 Å². The highest BCUT2D eigenvalue weighted by Gasteiger charge is 2.52. The van der Waals surface area contributed by atoms with E-state index in [1.165, 1.54) is 4.90 Å². The molecule has 1 unspecified atom stereocenters. The summed E-state index contributed by atoms with van der Waals surface area (Å²) < 4.78 is 5.37. The Balaban J connectivity index is 1.25. The number of para-hydroxylation sites is 2. The second-order valence-electron chi connectivity index (χ2n) is 9.55. The molecule has 9 nitrogen and oxygen atoms in total. The molecule has 2 fully saturated rings. The third-order valence-corrected chi connectivity index (χ3v) is 7.54. The van der Waals surface area contributed by atoms with Crippen LogP contribution in [0, 0.1) is 0 Å². The van der Waals surface area contributed by atoms with Gasteiger partial charge in [0.05, 0.1) is 30.5 Å². The van der Waals surface area contributed by atoms with Gasteiger partial charge in [-0.05, 0) is 30.7 Å². The van der Waals surface area contributed by atoms with E-state index in [-0.39, 0.29) is 17.9 Å². The van der Waals surface area contributed by atoms with Crippen molar-refractivity contribution < 1.29 is 19.1 Å². The molecule has 2 atom stereocenters. The lowest BCUT2D eigenvalue weighted by atomic mass is 9.93. The molecule has 0 spiro atoms. The van der Waals surface area contributed by atoms with Crippen molar-refractivity contribution in [2.24, 2.45) is 0 Å². The summed E-state index contributed by atoms with van der Waals surface area (Å²) in [7, 11) is 0. The van der Waals surface area contributed by atoms with Crippen LogP contribution < -0.4 is 10.2 Å². The van der Waals surface area contributed by atoms with Crippen LogP contribution in [0.5, 0.6) is 0 Å². The number of aromatic amines is 1. The molecular formula is C27H29N5O4. The fourth-order valence-corrected chi connectivity index (χ4v) is 5.69. The Morgan fingerprint density at radius 1 is 1.08 bits per heavy atom. The maximum absolute atomic E-state index is 13.7. The Morgan fingerprint density at radius 2 is 1.83 bits per heavy atom. The first-order valence-electron chi connectivity index (χ1n) is 12.5. The molecule has 186 valence electrons. The second kappa shape index (κ2) is 9.07. The number of H-pyrrole nitrogens is 1. The second-order valence-corrected chi connectivity index (χ2v) is 9.55. The Labute approximate surface area is 209 Å². The van der Waals surface area contributed by atoms with Gasteiger partial charge in [0.1, 0.15) is 6.04 Å². The van der Waals surface area contributed by atoms with E-state index in [1.54, 1.807) is 29.2 Å². The quantitative estimate of drug-likeness (QED) is 0.540. The Hall–Kier alpha value is -3.69. The summed E-state index contributed by atoms with van der Waals surface area (Å²) in [6, 6.07) is 13.6. The number of nitrogens with one attached hydrogen (secondary N) is 2. The minimum absolute atomic E-state index is 0.290. The average Bonchev–Trinajstić information content (AvgIpc) is 3.40. The largest absolute Gasteiger partial charge is 0.379 e. The number of aromatic nitrogens is 1. The van der Waals surface area contributed by atoms with Crippen molar-refractivity contribution in [1.82, 2.24) is 20.1 Å². The third kappa shape index (κ3) is 3.66. The van der Waals surface area contributed by atoms with Crippen LogP contribution in [-0.4, -0.2) is 78.1 Å². The number of benzene rings is 2. The highest BCUT2D eigenvalue weighted by molar-refractivity contribution is 6.24. The van der Waals surface area contributed by atoms with Gasteiger partial charge in [0.2, 0.25) is 0 Å². The summed E-state index contributed by atoms with van der Waals surface area (Å²) in [5.41, 5.74) is 3.69. The molecule has 2 aromatic carbocycles. The summed E-state index contributed by atoms with van der Waals surface area (Å²) in [4.78, 5) is 48.9. The Kier molecular flexibility index (Phi) is 5.73. The van der Waals surface area contributed by atoms with Crippen molar-refractivity contribution in [2.75, 3.05) is 44.3 Å². The number of carbonyl (C=O) groups excluding carboxylic acids is 3. The van der Waals surface area contributed by atoms with E-state index < -0.39 is 12.1 Å². The van der Waals surface area contributed by atoms with E-state index >= 15 is 0 Å². The zero-order chi connectivity index (χ0) is 24.8. The average molecular weight is 488 g/mol. The number of fused-ring (bicyclic) bond motifs is 4. The number of rotatable bonds is 5. The molecule has 3 aliphatic heterocycles. The normalized spacial score (nSPS) is 22.1. The fraction of sp³-hybridized carbons (Fsp3) is 0.370. The topological polar surface area (TPSA) is 98.0 Å². The van der Waals surface area contributed by atoms with Gasteiger partial charge >= 0.3 is 6.03 Å². The lowest BCUT2D eigenvalue weighted by molar-refractivity contribution is -0.120. The van der Waals surface area contributed by atoms with Gasteiger partial charge in [0.25, 0.3) is 11.8 Å². The van der Waals surface area contributed by atoms with Gasteiger partial charge in [-0.2, -0.15) is 0 Å². The standard InChI is InChI=1S/C27H29N5O4/c1-17-24-20(18-6-2-4-8-21(18)29-24)16-23-26(34)32(27(35)31(17)23)22-9-5-3-7-19(22)25(33)28-10-11-30-12-14-36-15-13-30/h2-9,17,23,29H,10-16H2,1H3,(H,28,33)/t17?,23-/m0/s1. The highest BCUT2D eigenvalue weighted by Crippen LogP contribution is 2.42. The number of morpholine rings is 1. The summed E-state index contributed by atoms with van der Waals surface area (Å²) in [5, 5.41) is 4.03. The number of imide groups is 1. The van der Waals surface area contributed by atoms with Crippen LogP contribution >= 0.6 is 0 Å². The summed E-state index contributed by atoms with van der Waals surface area (Å²) in [6.45, 7) is 6.22. The molecule has 9 heteroatoms. The van der Waals surface area contributed by atoms with Crippen molar-refractivity contribution in [3.8, 4) is 0 Å². The van der Waals surface area contributed by atoms with Crippen molar-refractivity contribution in [2.45, 2.75) is 25.4 Å². The molecular weight excluding hydrogens is 458 g/mol. The lowest BCUT2D eigenvalue weighted by Gasteiger charge is -2.33. The number of hydrogen-bond acceptors (Lipinski definition) is 5. The molecule has 6 rings (SSSR count). The number of hydrogen-bond donors (Lipinski definition) is 2. The number of amides is 4. The molecule has 2 saturated heterocycles. The molecule has 4 heterocycles. The molecule has 3 aromatic rings. The van der Waals surface area contributed by atoms with Crippen molar-refractivity contribution in [1.29, 1.82) is 0 Å². The number of carbonyl (C=O) groups is 3. The molecule has 0 saturated carbocycles. The van der Waals surface area contributed by atoms with Crippen LogP contribution in [0.25, 0.3) is 10.9 Å². The predicted molar refractivity (Wildman–Crippen MR) is 135 cm³/mol. The van der Waals surface area contributed by atoms with Crippen LogP contribution in [0.4, 0.5) is 10.5 Å². The van der Waals surface area contributed by atoms with Gasteiger partial charge in [-0.1, -0.05) is 30.3 Å². The maximum atomic E-state index is 13.7. The van der Waals surface area contributed by atoms with Gasteiger partial charge in [0, 0.05) is 49.2 Å². The van der Waals surface area contributed by atoms with Crippen LogP contribution in [0.1, 0.15) is 34.6 Å². The molecule has 0 radical (unpaired) electrons. The zero-order valence-corrected chi connectivity index (χ0v) is 20.2. The van der Waals surface area contributed by atoms with E-state index in [1.807, 2.05) is 31.2 Å². The zero-order valence-electron chi connectivity index (χ0n) is 20.2. The van der Waals surface area contributed by atoms with Crippen LogP contribution in [0.15, 0.2) is 48.5 Å². The van der Waals surface area contributed by atoms with Crippen molar-refractivity contribution in [3.63, 3.8) is 0 Å². The van der Waals surface area contributed by atoms with E-state index in [0.29, 0.717) is 37.4 Å². The molecule has 2 N–H and O–H groups in total. The summed E-state index contributed by atoms with van der Waals surface area (Å²) >= 11 is 0. The van der Waals surface area contributed by atoms with E-state index in [2.05, 4.69) is 15.2 Å². The Bertz CT molecular complexity index is 1340. The van der Waals surface area contributed by atoms with E-state index in [0.717, 1.165) is 41.8 Å². The minimum atomic E-state index is -0.600. The summed E-state index contributed by atoms with van der Waals surface area (Å²) in [5.74, 6) is -0.593. The smallest absolute Gasteiger partial charge is 0.332 e. The maximum Gasteiger partial charge on any atom is 0.332 e. The number of urea groups is 1. The van der Waals surface area contributed by atoms with E-state index in [9.17, 15) is 14.4 Å². The van der Waals surface area contributed by atoms with Crippen LogP contribution in [0.3, 0.4) is 0 Å². The summed E-state index contributed by atoms with van der Waals surface area (Å²) in [6.07, 6.45) is 0.443. The lowest BCUT2D eigenvalue weighted by Crippen LogP contribution is -2.42. The molecule has 0 bridgehead atoms. The predicted octanol–water partition coefficient (Wildman–Crippen LogP) is 2.68. The third-order valence-electron chi connectivity index (χ3n) is 7.54. The molecule has 36 heavy (non-hydrogen) atoms. The van der Waals surface area contributed by atoms with Crippen molar-refractivity contribution >= 4 is 34.4 Å². The fourth-order valence-electron chi connectivity index (χ4n) is 5.69. The first-order valence-corrected chi connectivity index (χ1v) is 12.5. The molecule has 4 amide bonds. The van der Waals surface area contributed by atoms with Crippen LogP contribution in [0.2, 0.25) is 0 Å². The van der Waals surface area contributed by atoms with Gasteiger partial charge in [-0.25, -0.2) is 9.69 Å². The first kappa shape index (κ1) is 22.8. The van der Waals surface area contributed by atoms with E-state index in [4.69, 9.17) is 4.74 Å². The monoisotopic (exact) mass is 487 g/mol. The first-order chi connectivity index (χ1) is 17.5. The van der Waals surface area contributed by atoms with Gasteiger partial charge < -0.3 is 19.9 Å². The molecule has 0 aliphatic carbocycles. The Morgan fingerprint density at radius 3 is 2.67 bits per heavy atom. The highest BCUT2D eigenvalue weighted by atomic mass is 16.5. The minimum Gasteiger partial charge on any atom is -0.379 e. The molecule has 3 aliphatic rings. The SMILES string of the molecule is CC1c2[nH]c3ccccc3c2C[C@H]2C(=O)N(c3ccccc3C(=O)NCCN3CCOCC3)C(=O)N12. The molecule has 1 aromatic heterocycles.